The molecule has 0 aromatic rings. The van der Waals surface area contributed by atoms with Gasteiger partial charge in [0.2, 0.25) is 0 Å². The molecule has 0 aromatic heterocycles. The van der Waals surface area contributed by atoms with Crippen LogP contribution in [0.3, 0.4) is 0 Å². The summed E-state index contributed by atoms with van der Waals surface area (Å²) in [4.78, 5) is 0. The average molecular weight is 2530 g/mol. The van der Waals surface area contributed by atoms with Gasteiger partial charge >= 0.3 is 98.2 Å². The van der Waals surface area contributed by atoms with Crippen molar-refractivity contribution in [2.45, 2.75) is 27.7 Å². The molecule has 23 heavy (non-hydrogen) atoms. The molecule has 0 spiro atoms. The molecule has 0 nitrogen and oxygen atoms in total. The number of hydrogen-bond donors (Lipinski definition) is 0. The van der Waals surface area contributed by atoms with Gasteiger partial charge in [-0.25, -0.2) is 0 Å². The minimum atomic E-state index is 0. The third-order valence-electron chi connectivity index (χ3n) is 1.68. The third kappa shape index (κ3) is 48.9. The summed E-state index contributed by atoms with van der Waals surface area (Å²) in [5, 5.41) is 0. The van der Waals surface area contributed by atoms with Crippen molar-refractivity contribution < 1.29 is 270 Å². The monoisotopic (exact) mass is 2530 g/mol. The maximum atomic E-state index is 2.37. The first-order valence-electron chi connectivity index (χ1n) is 4.19. The maximum Gasteiger partial charge on any atom is 0 e. The van der Waals surface area contributed by atoms with Gasteiger partial charge in [0, 0.05) is 232 Å². The van der Waals surface area contributed by atoms with Gasteiger partial charge in [-0.05, 0) is 0 Å². The van der Waals surface area contributed by atoms with Crippen LogP contribution in [-0.2, 0) is 270 Å². The first-order chi connectivity index (χ1) is 5.49. The molecule has 0 aliphatic carbocycles. The summed E-state index contributed by atoms with van der Waals surface area (Å²) in [5.41, 5.74) is 1.50. The Bertz CT molecular complexity index is 215. The molecule has 0 unspecified atom stereocenters. The Morgan fingerprint density at radius 3 is 1.00 bits per heavy atom. The van der Waals surface area contributed by atoms with Crippen LogP contribution in [0.15, 0.2) is 11.6 Å². The van der Waals surface area contributed by atoms with Gasteiger partial charge in [-0.15, -0.1) is 0 Å². The molecular formula is C10H16W13. The van der Waals surface area contributed by atoms with E-state index >= 15 is 0 Å². The fourth-order valence-corrected chi connectivity index (χ4v) is 2.38. The second-order valence-electron chi connectivity index (χ2n) is 3.47. The Morgan fingerprint density at radius 1 is 0.609 bits per heavy atom. The summed E-state index contributed by atoms with van der Waals surface area (Å²) in [5.74, 6) is 1.39. The number of rotatable bonds is 4. The molecule has 0 amide bonds. The molecule has 0 aromatic carbocycles. The van der Waals surface area contributed by atoms with Crippen molar-refractivity contribution in [3.63, 3.8) is 0 Å². The van der Waals surface area contributed by atoms with Gasteiger partial charge < -0.3 is 0 Å². The Labute approximate surface area is 322 Å². The molecule has 0 heterocycles. The quantitative estimate of drug-likeness (QED) is 0.406. The molecule has 13 heteroatoms. The largest absolute Gasteiger partial charge is 0 e. The van der Waals surface area contributed by atoms with Crippen LogP contribution in [-0.4, -0.2) is 8.30 Å². The van der Waals surface area contributed by atoms with Crippen LogP contribution in [0.2, 0.25) is 0 Å². The van der Waals surface area contributed by atoms with Crippen molar-refractivity contribution >= 4 is 8.30 Å². The van der Waals surface area contributed by atoms with Crippen molar-refractivity contribution in [3.05, 3.63) is 11.6 Å². The van der Waals surface area contributed by atoms with E-state index in [1.54, 1.807) is 42.6 Å². The van der Waals surface area contributed by atoms with Gasteiger partial charge in [0.05, 0.1) is 0 Å². The summed E-state index contributed by atoms with van der Waals surface area (Å²) in [6.07, 6.45) is 2.37. The van der Waals surface area contributed by atoms with E-state index in [4.69, 9.17) is 0 Å². The maximum absolute atomic E-state index is 2.37. The molecule has 0 aliphatic rings. The first kappa shape index (κ1) is 77.1. The fraction of sp³-hybridized carbons (Fsp3) is 0.600. The zero-order valence-electron chi connectivity index (χ0n) is 12.6. The summed E-state index contributed by atoms with van der Waals surface area (Å²) < 4.78 is 3.87. The fourth-order valence-electron chi connectivity index (χ4n) is 0.668. The van der Waals surface area contributed by atoms with E-state index in [1.807, 2.05) is 0 Å². The van der Waals surface area contributed by atoms with Crippen LogP contribution in [0.1, 0.15) is 27.7 Å². The van der Waals surface area contributed by atoms with Gasteiger partial charge in [0.25, 0.3) is 0 Å². The van der Waals surface area contributed by atoms with Crippen LogP contribution in [0, 0.1) is 11.8 Å². The summed E-state index contributed by atoms with van der Waals surface area (Å²) in [7, 11) is 0. The smallest absolute Gasteiger partial charge is 0 e. The normalized spacial score (nSPS) is 6.43. The molecule has 0 aliphatic heterocycles. The molecule has 0 rings (SSSR count). The standard InChI is InChI=1S/C10H16.13W/c1-8(2)6-7-10(5)9(3)4;;;;;;;;;;;;;/h5,7-9H,1-4H3;;;;;;;;;;;;;/b10-7+;;;;;;;;;;;;;. The van der Waals surface area contributed by atoms with Crippen LogP contribution < -0.4 is 0 Å². The molecule has 0 radical (unpaired) electrons. The van der Waals surface area contributed by atoms with Gasteiger partial charge in [0.15, 0.2) is 0 Å². The predicted octanol–water partition coefficient (Wildman–Crippen LogP) is 2.27. The minimum absolute atomic E-state index is 0. The Kier molecular flexibility index (Phi) is 176. The van der Waals surface area contributed by atoms with Crippen LogP contribution >= 0.6 is 0 Å². The van der Waals surface area contributed by atoms with Crippen LogP contribution in [0.5, 0.6) is 0 Å². The second-order valence-corrected chi connectivity index (χ2v) is 6.01. The Hall–Kier alpha value is 8.43. The second kappa shape index (κ2) is 52.4. The predicted molar refractivity (Wildman–Crippen MR) is 48.8 cm³/mol. The third-order valence-corrected chi connectivity index (χ3v) is 4.78. The first-order valence-corrected chi connectivity index (χ1v) is 7.35. The average Bonchev–Trinajstić information content (AvgIpc) is 1.98. The van der Waals surface area contributed by atoms with E-state index in [9.17, 15) is 0 Å². The van der Waals surface area contributed by atoms with Crippen molar-refractivity contribution in [2.75, 3.05) is 0 Å². The Balaban J connectivity index is -0.0000000110. The van der Waals surface area contributed by atoms with Gasteiger partial charge in [-0.2, -0.15) is 0 Å². The van der Waals surface area contributed by atoms with Crippen molar-refractivity contribution in [3.8, 4) is 0 Å². The van der Waals surface area contributed by atoms with E-state index in [-0.39, 0.29) is 232 Å². The summed E-state index contributed by atoms with van der Waals surface area (Å²) in [6.45, 7) is 9.04. The van der Waals surface area contributed by atoms with Crippen molar-refractivity contribution in [2.24, 2.45) is 11.8 Å². The van der Waals surface area contributed by atoms with E-state index in [1.165, 1.54) is 5.57 Å². The van der Waals surface area contributed by atoms with Gasteiger partial charge in [0.1, 0.15) is 0 Å². The molecule has 0 bridgehead atoms. The molecular weight excluding hydrogens is 2510 g/mol. The number of hydrogen-bond acceptors (Lipinski definition) is 0. The zero-order chi connectivity index (χ0) is 9.72. The van der Waals surface area contributed by atoms with Crippen molar-refractivity contribution in [1.82, 2.24) is 0 Å². The van der Waals surface area contributed by atoms with E-state index < -0.39 is 0 Å². The molecule has 0 fully saturated rings. The molecule has 134 valence electrons. The Morgan fingerprint density at radius 2 is 0.870 bits per heavy atom. The summed E-state index contributed by atoms with van der Waals surface area (Å²) in [6, 6.07) is 0. The molecule has 0 saturated carbocycles. The van der Waals surface area contributed by atoms with E-state index in [0.717, 1.165) is 0 Å². The molecule has 0 atom stereocenters. The van der Waals surface area contributed by atoms with Gasteiger partial charge in [-0.3, -0.25) is 0 Å². The van der Waals surface area contributed by atoms with Crippen LogP contribution in [0.25, 0.3) is 0 Å². The molecule has 0 saturated heterocycles. The SMILES string of the molecule is CC(C)[C](=[W])/C=C(\[CH]=[W])C(C)C.[W].[W].[W].[W].[W].[W].[W].[W].[W].[W].[W]. The van der Waals surface area contributed by atoms with Gasteiger partial charge in [-0.1, -0.05) is 0 Å². The van der Waals surface area contributed by atoms with Crippen LogP contribution in [0.4, 0.5) is 0 Å². The topological polar surface area (TPSA) is 0 Å². The zero-order valence-corrected chi connectivity index (χ0v) is 50.8. The van der Waals surface area contributed by atoms with E-state index in [2.05, 4.69) is 38.2 Å². The van der Waals surface area contributed by atoms with Crippen molar-refractivity contribution in [1.29, 1.82) is 0 Å². The molecule has 0 N–H and O–H groups in total. The summed E-state index contributed by atoms with van der Waals surface area (Å²) >= 11 is 3.16. The number of allylic oxidation sites excluding steroid dienone is 2. The van der Waals surface area contributed by atoms with E-state index in [0.29, 0.717) is 11.8 Å². The minimum Gasteiger partial charge on any atom is 0 e.